The lowest BCUT2D eigenvalue weighted by atomic mass is 9.92. The number of amides is 1. The summed E-state index contributed by atoms with van der Waals surface area (Å²) in [7, 11) is 2.16. The van der Waals surface area contributed by atoms with Gasteiger partial charge in [0.05, 0.1) is 0 Å². The average molecular weight is 274 g/mol. The summed E-state index contributed by atoms with van der Waals surface area (Å²) < 4.78 is 5.42. The van der Waals surface area contributed by atoms with E-state index in [9.17, 15) is 4.79 Å². The lowest BCUT2D eigenvalue weighted by Crippen LogP contribution is -2.49. The fourth-order valence-corrected chi connectivity index (χ4v) is 3.33. The first-order valence-electron chi connectivity index (χ1n) is 7.40. The van der Waals surface area contributed by atoms with E-state index in [1.54, 1.807) is 0 Å². The van der Waals surface area contributed by atoms with Crippen LogP contribution in [0.2, 0.25) is 0 Å². The van der Waals surface area contributed by atoms with Gasteiger partial charge in [-0.1, -0.05) is 30.3 Å². The Morgan fingerprint density at radius 3 is 2.80 bits per heavy atom. The van der Waals surface area contributed by atoms with Crippen molar-refractivity contribution in [3.8, 4) is 0 Å². The number of carbonyl (C=O) groups excluding carboxylic acids is 1. The van der Waals surface area contributed by atoms with E-state index in [1.807, 2.05) is 35.2 Å². The Bertz CT molecular complexity index is 463. The number of piperidine rings is 1. The molecule has 2 aliphatic heterocycles. The molecule has 20 heavy (non-hydrogen) atoms. The monoisotopic (exact) mass is 274 g/mol. The Morgan fingerprint density at radius 1 is 1.25 bits per heavy atom. The van der Waals surface area contributed by atoms with Crippen LogP contribution in [0.25, 0.3) is 0 Å². The molecule has 3 rings (SSSR count). The molecule has 0 radical (unpaired) electrons. The van der Waals surface area contributed by atoms with Gasteiger partial charge in [0.1, 0.15) is 6.61 Å². The van der Waals surface area contributed by atoms with Gasteiger partial charge in [0, 0.05) is 19.1 Å². The first-order valence-corrected chi connectivity index (χ1v) is 7.40. The highest BCUT2D eigenvalue weighted by Crippen LogP contribution is 2.30. The number of fused-ring (bicyclic) bond motifs is 1. The zero-order valence-corrected chi connectivity index (χ0v) is 12.0. The molecule has 2 saturated heterocycles. The van der Waals surface area contributed by atoms with E-state index < -0.39 is 0 Å². The van der Waals surface area contributed by atoms with E-state index in [0.717, 1.165) is 37.5 Å². The van der Waals surface area contributed by atoms with Crippen LogP contribution in [-0.2, 0) is 11.3 Å². The Balaban J connectivity index is 1.53. The van der Waals surface area contributed by atoms with E-state index in [-0.39, 0.29) is 6.09 Å². The van der Waals surface area contributed by atoms with Gasteiger partial charge in [0.25, 0.3) is 0 Å². The van der Waals surface area contributed by atoms with Gasteiger partial charge >= 0.3 is 6.09 Å². The van der Waals surface area contributed by atoms with Crippen LogP contribution < -0.4 is 0 Å². The lowest BCUT2D eigenvalue weighted by Gasteiger charge is -2.36. The summed E-state index contributed by atoms with van der Waals surface area (Å²) in [5, 5.41) is 0. The van der Waals surface area contributed by atoms with Crippen LogP contribution in [0, 0.1) is 5.92 Å². The number of likely N-dealkylation sites (N-methyl/N-ethyl adjacent to an activating group) is 1. The average Bonchev–Trinajstić information content (AvgIpc) is 2.87. The predicted molar refractivity (Wildman–Crippen MR) is 77.3 cm³/mol. The second kappa shape index (κ2) is 5.83. The maximum atomic E-state index is 12.2. The minimum absolute atomic E-state index is 0.174. The van der Waals surface area contributed by atoms with Crippen LogP contribution >= 0.6 is 0 Å². The number of likely N-dealkylation sites (tertiary alicyclic amines) is 2. The third-order valence-corrected chi connectivity index (χ3v) is 4.60. The summed E-state index contributed by atoms with van der Waals surface area (Å²) in [5.41, 5.74) is 1.04. The van der Waals surface area contributed by atoms with Crippen LogP contribution in [0.5, 0.6) is 0 Å². The Kier molecular flexibility index (Phi) is 3.92. The van der Waals surface area contributed by atoms with Crippen molar-refractivity contribution < 1.29 is 9.53 Å². The van der Waals surface area contributed by atoms with Gasteiger partial charge in [-0.25, -0.2) is 4.79 Å². The van der Waals surface area contributed by atoms with Crippen molar-refractivity contribution in [2.24, 2.45) is 5.92 Å². The van der Waals surface area contributed by atoms with Gasteiger partial charge in [-0.05, 0) is 37.9 Å². The van der Waals surface area contributed by atoms with Crippen LogP contribution in [-0.4, -0.2) is 48.6 Å². The fraction of sp³-hybridized carbons (Fsp3) is 0.562. The molecule has 1 aromatic carbocycles. The van der Waals surface area contributed by atoms with E-state index in [4.69, 9.17) is 4.74 Å². The molecule has 0 spiro atoms. The number of ether oxygens (including phenoxy) is 1. The van der Waals surface area contributed by atoms with Crippen LogP contribution in [0.1, 0.15) is 18.4 Å². The van der Waals surface area contributed by atoms with Crippen LogP contribution in [0.3, 0.4) is 0 Å². The molecule has 2 atom stereocenters. The Hall–Kier alpha value is -1.55. The molecule has 0 unspecified atom stereocenters. The summed E-state index contributed by atoms with van der Waals surface area (Å²) >= 11 is 0. The van der Waals surface area contributed by atoms with E-state index in [2.05, 4.69) is 11.9 Å². The Morgan fingerprint density at radius 2 is 2.00 bits per heavy atom. The molecule has 2 heterocycles. The number of carbonyl (C=O) groups is 1. The van der Waals surface area contributed by atoms with Gasteiger partial charge in [-0.3, -0.25) is 0 Å². The quantitative estimate of drug-likeness (QED) is 0.830. The molecule has 2 aliphatic rings. The minimum atomic E-state index is -0.174. The second-order valence-electron chi connectivity index (χ2n) is 5.87. The molecule has 4 heteroatoms. The van der Waals surface area contributed by atoms with Crippen molar-refractivity contribution in [2.75, 3.05) is 26.7 Å². The molecular weight excluding hydrogens is 252 g/mol. The smallest absolute Gasteiger partial charge is 0.410 e. The molecule has 1 aromatic rings. The minimum Gasteiger partial charge on any atom is -0.445 e. The van der Waals surface area contributed by atoms with E-state index in [0.29, 0.717) is 12.6 Å². The number of hydrogen-bond donors (Lipinski definition) is 0. The molecule has 0 aromatic heterocycles. The number of rotatable bonds is 2. The summed E-state index contributed by atoms with van der Waals surface area (Å²) in [5.74, 6) is 0.762. The summed E-state index contributed by atoms with van der Waals surface area (Å²) in [6, 6.07) is 10.4. The molecule has 0 saturated carbocycles. The molecule has 0 aliphatic carbocycles. The molecular formula is C16H22N2O2. The predicted octanol–water partition coefficient (Wildman–Crippen LogP) is 2.35. The third-order valence-electron chi connectivity index (χ3n) is 4.60. The SMILES string of the molecule is CN1CC[C@@H]2CCN(C(=O)OCc3ccccc3)C[C@H]21. The third kappa shape index (κ3) is 2.80. The molecule has 108 valence electrons. The summed E-state index contributed by atoms with van der Waals surface area (Å²) in [6.45, 7) is 3.17. The maximum absolute atomic E-state index is 12.2. The van der Waals surface area contributed by atoms with Crippen molar-refractivity contribution in [3.63, 3.8) is 0 Å². The van der Waals surface area contributed by atoms with Gasteiger partial charge in [0.2, 0.25) is 0 Å². The lowest BCUT2D eigenvalue weighted by molar-refractivity contribution is 0.0658. The number of nitrogens with zero attached hydrogens (tertiary/aromatic N) is 2. The highest BCUT2D eigenvalue weighted by Gasteiger charge is 2.38. The number of hydrogen-bond acceptors (Lipinski definition) is 3. The van der Waals surface area contributed by atoms with Gasteiger partial charge in [0.15, 0.2) is 0 Å². The van der Waals surface area contributed by atoms with Crippen LogP contribution in [0.15, 0.2) is 30.3 Å². The van der Waals surface area contributed by atoms with Crippen molar-refractivity contribution in [3.05, 3.63) is 35.9 Å². The van der Waals surface area contributed by atoms with Crippen molar-refractivity contribution in [1.29, 1.82) is 0 Å². The van der Waals surface area contributed by atoms with E-state index >= 15 is 0 Å². The normalized spacial score (nSPS) is 26.4. The highest BCUT2D eigenvalue weighted by atomic mass is 16.6. The zero-order chi connectivity index (χ0) is 13.9. The number of benzene rings is 1. The van der Waals surface area contributed by atoms with E-state index in [1.165, 1.54) is 6.42 Å². The highest BCUT2D eigenvalue weighted by molar-refractivity contribution is 5.67. The van der Waals surface area contributed by atoms with Gasteiger partial charge in [-0.2, -0.15) is 0 Å². The van der Waals surface area contributed by atoms with Crippen molar-refractivity contribution in [2.45, 2.75) is 25.5 Å². The molecule has 1 amide bonds. The topological polar surface area (TPSA) is 32.8 Å². The standard InChI is InChI=1S/C16H22N2O2/c1-17-9-7-14-8-10-18(11-15(14)17)16(19)20-12-13-5-3-2-4-6-13/h2-6,14-15H,7-12H2,1H3/t14-,15-/m1/s1. The largest absolute Gasteiger partial charge is 0.445 e. The van der Waals surface area contributed by atoms with Gasteiger partial charge in [-0.15, -0.1) is 0 Å². The van der Waals surface area contributed by atoms with Crippen LogP contribution in [0.4, 0.5) is 4.79 Å². The molecule has 0 bridgehead atoms. The Labute approximate surface area is 120 Å². The molecule has 4 nitrogen and oxygen atoms in total. The summed E-state index contributed by atoms with van der Waals surface area (Å²) in [6.07, 6.45) is 2.20. The first kappa shape index (κ1) is 13.4. The molecule has 2 fully saturated rings. The maximum Gasteiger partial charge on any atom is 0.410 e. The second-order valence-corrected chi connectivity index (χ2v) is 5.87. The zero-order valence-electron chi connectivity index (χ0n) is 12.0. The van der Waals surface area contributed by atoms with Crippen molar-refractivity contribution in [1.82, 2.24) is 9.80 Å². The van der Waals surface area contributed by atoms with Gasteiger partial charge < -0.3 is 14.5 Å². The van der Waals surface area contributed by atoms with Crippen molar-refractivity contribution >= 4 is 6.09 Å². The fourth-order valence-electron chi connectivity index (χ4n) is 3.33. The first-order chi connectivity index (χ1) is 9.74. The molecule has 0 N–H and O–H groups in total. The summed E-state index contributed by atoms with van der Waals surface area (Å²) in [4.78, 5) is 16.4.